The van der Waals surface area contributed by atoms with Crippen molar-refractivity contribution in [3.05, 3.63) is 29.3 Å². The number of piperidine rings is 1. The van der Waals surface area contributed by atoms with E-state index >= 15 is 0 Å². The van der Waals surface area contributed by atoms with Gasteiger partial charge in [0.1, 0.15) is 0 Å². The van der Waals surface area contributed by atoms with Crippen LogP contribution in [-0.4, -0.2) is 63.8 Å². The van der Waals surface area contributed by atoms with E-state index in [2.05, 4.69) is 5.32 Å². The monoisotopic (exact) mass is 373 g/mol. The lowest BCUT2D eigenvalue weighted by atomic mass is 9.97. The van der Waals surface area contributed by atoms with Crippen LogP contribution in [0.3, 0.4) is 0 Å². The predicted octanol–water partition coefficient (Wildman–Crippen LogP) is 1.42. The zero-order valence-electron chi connectivity index (χ0n) is 14.0. The van der Waals surface area contributed by atoms with Gasteiger partial charge in [0, 0.05) is 44.2 Å². The molecule has 1 saturated heterocycles. The average molecular weight is 374 g/mol. The Morgan fingerprint density at radius 1 is 1.29 bits per heavy atom. The van der Waals surface area contributed by atoms with Crippen LogP contribution in [0.15, 0.2) is 29.2 Å². The summed E-state index contributed by atoms with van der Waals surface area (Å²) in [6.45, 7) is 2.12. The van der Waals surface area contributed by atoms with Crippen LogP contribution in [0.4, 0.5) is 0 Å². The van der Waals surface area contributed by atoms with Gasteiger partial charge in [-0.15, -0.1) is 0 Å². The molecule has 0 bridgehead atoms. The quantitative estimate of drug-likeness (QED) is 0.818. The van der Waals surface area contributed by atoms with Gasteiger partial charge in [0.05, 0.1) is 4.90 Å². The number of carbonyl (C=O) groups excluding carboxylic acids is 1. The highest BCUT2D eigenvalue weighted by Gasteiger charge is 2.32. The largest absolute Gasteiger partial charge is 0.344 e. The third kappa shape index (κ3) is 4.47. The fourth-order valence-corrected chi connectivity index (χ4v) is 4.40. The smallest absolute Gasteiger partial charge is 0.243 e. The normalized spacial score (nSPS) is 17.0. The van der Waals surface area contributed by atoms with Crippen molar-refractivity contribution < 1.29 is 13.2 Å². The Kier molecular flexibility index (Phi) is 6.62. The molecule has 1 aliphatic rings. The van der Waals surface area contributed by atoms with Crippen molar-refractivity contribution in [3.8, 4) is 0 Å². The fraction of sp³-hybridized carbons (Fsp3) is 0.562. The Morgan fingerprint density at radius 3 is 2.42 bits per heavy atom. The fourth-order valence-electron chi connectivity index (χ4n) is 2.80. The average Bonchev–Trinajstić information content (AvgIpc) is 2.59. The van der Waals surface area contributed by atoms with Crippen molar-refractivity contribution in [3.63, 3.8) is 0 Å². The standard InChI is InChI=1S/C16H24ClN3O3S/c1-18-9-12-19(2)16(21)13-7-10-20(11-8-13)24(22,23)15-5-3-14(17)4-6-15/h3-6,13,18H,7-12H2,1-2H3. The van der Waals surface area contributed by atoms with Crippen molar-refractivity contribution in [1.82, 2.24) is 14.5 Å². The summed E-state index contributed by atoms with van der Waals surface area (Å²) >= 11 is 5.81. The van der Waals surface area contributed by atoms with Crippen LogP contribution in [0.1, 0.15) is 12.8 Å². The number of hydrogen-bond donors (Lipinski definition) is 1. The molecule has 24 heavy (non-hydrogen) atoms. The van der Waals surface area contributed by atoms with Gasteiger partial charge in [0.25, 0.3) is 0 Å². The minimum absolute atomic E-state index is 0.0915. The van der Waals surface area contributed by atoms with Gasteiger partial charge in [0.15, 0.2) is 0 Å². The molecular formula is C16H24ClN3O3S. The van der Waals surface area contributed by atoms with Crippen LogP contribution in [-0.2, 0) is 14.8 Å². The van der Waals surface area contributed by atoms with Gasteiger partial charge in [-0.2, -0.15) is 4.31 Å². The maximum atomic E-state index is 12.6. The first-order valence-corrected chi connectivity index (χ1v) is 9.83. The summed E-state index contributed by atoms with van der Waals surface area (Å²) in [6, 6.07) is 6.17. The van der Waals surface area contributed by atoms with Gasteiger partial charge in [-0.05, 0) is 44.2 Å². The summed E-state index contributed by atoms with van der Waals surface area (Å²) < 4.78 is 26.7. The summed E-state index contributed by atoms with van der Waals surface area (Å²) in [5.41, 5.74) is 0. The van der Waals surface area contributed by atoms with E-state index in [0.717, 1.165) is 6.54 Å². The second-order valence-electron chi connectivity index (χ2n) is 6.00. The molecule has 134 valence electrons. The summed E-state index contributed by atoms with van der Waals surface area (Å²) in [5.74, 6) is -0.0164. The molecule has 1 aromatic rings. The molecule has 8 heteroatoms. The number of sulfonamides is 1. The predicted molar refractivity (Wildman–Crippen MR) is 94.5 cm³/mol. The number of benzene rings is 1. The number of rotatable bonds is 6. The lowest BCUT2D eigenvalue weighted by molar-refractivity contribution is -0.135. The van der Waals surface area contributed by atoms with Gasteiger partial charge in [0.2, 0.25) is 15.9 Å². The lowest BCUT2D eigenvalue weighted by Gasteiger charge is -2.32. The Labute approximate surface area is 148 Å². The Hall–Kier alpha value is -1.15. The Bertz CT molecular complexity index is 656. The Morgan fingerprint density at radius 2 is 1.88 bits per heavy atom. The van der Waals surface area contributed by atoms with E-state index < -0.39 is 10.0 Å². The van der Waals surface area contributed by atoms with Gasteiger partial charge in [-0.25, -0.2) is 8.42 Å². The van der Waals surface area contributed by atoms with Crippen molar-refractivity contribution in [2.24, 2.45) is 5.92 Å². The van der Waals surface area contributed by atoms with Gasteiger partial charge in [-0.1, -0.05) is 11.6 Å². The Balaban J connectivity index is 1.97. The third-order valence-corrected chi connectivity index (χ3v) is 6.49. The first kappa shape index (κ1) is 19.2. The number of hydrogen-bond acceptors (Lipinski definition) is 4. The zero-order chi connectivity index (χ0) is 17.7. The molecule has 0 aromatic heterocycles. The number of halogens is 1. The number of nitrogens with one attached hydrogen (secondary N) is 1. The molecule has 0 radical (unpaired) electrons. The van der Waals surface area contributed by atoms with E-state index in [9.17, 15) is 13.2 Å². The van der Waals surface area contributed by atoms with Crippen LogP contribution in [0.2, 0.25) is 5.02 Å². The lowest BCUT2D eigenvalue weighted by Crippen LogP contribution is -2.44. The van der Waals surface area contributed by atoms with E-state index in [0.29, 0.717) is 37.5 Å². The second-order valence-corrected chi connectivity index (χ2v) is 8.37. The molecule has 1 aromatic carbocycles. The highest BCUT2D eigenvalue weighted by atomic mass is 35.5. The van der Waals surface area contributed by atoms with Gasteiger partial charge in [-0.3, -0.25) is 4.79 Å². The molecule has 2 rings (SSSR count). The van der Waals surface area contributed by atoms with Crippen molar-refractivity contribution >= 4 is 27.5 Å². The molecule has 1 fully saturated rings. The molecule has 1 N–H and O–H groups in total. The summed E-state index contributed by atoms with van der Waals surface area (Å²) in [4.78, 5) is 14.3. The van der Waals surface area contributed by atoms with Crippen LogP contribution in [0.25, 0.3) is 0 Å². The van der Waals surface area contributed by atoms with Crippen LogP contribution >= 0.6 is 11.6 Å². The number of carbonyl (C=O) groups is 1. The summed E-state index contributed by atoms with van der Waals surface area (Å²) in [5, 5.41) is 3.52. The van der Waals surface area contributed by atoms with E-state index in [1.165, 1.54) is 16.4 Å². The molecule has 0 spiro atoms. The van der Waals surface area contributed by atoms with Crippen LogP contribution in [0.5, 0.6) is 0 Å². The van der Waals surface area contributed by atoms with Crippen molar-refractivity contribution in [2.75, 3.05) is 40.3 Å². The number of amides is 1. The van der Waals surface area contributed by atoms with E-state index in [1.54, 1.807) is 24.1 Å². The second kappa shape index (κ2) is 8.29. The highest BCUT2D eigenvalue weighted by molar-refractivity contribution is 7.89. The minimum Gasteiger partial charge on any atom is -0.344 e. The maximum Gasteiger partial charge on any atom is 0.243 e. The summed E-state index contributed by atoms with van der Waals surface area (Å²) in [7, 11) is 0.111. The first-order valence-electron chi connectivity index (χ1n) is 8.01. The molecule has 0 unspecified atom stereocenters. The molecule has 6 nitrogen and oxygen atoms in total. The SMILES string of the molecule is CNCCN(C)C(=O)C1CCN(S(=O)(=O)c2ccc(Cl)cc2)CC1. The molecule has 1 heterocycles. The zero-order valence-corrected chi connectivity index (χ0v) is 15.6. The summed E-state index contributed by atoms with van der Waals surface area (Å²) in [6.07, 6.45) is 1.10. The molecule has 0 atom stereocenters. The van der Waals surface area contributed by atoms with Gasteiger partial charge < -0.3 is 10.2 Å². The van der Waals surface area contributed by atoms with E-state index in [1.807, 2.05) is 7.05 Å². The maximum absolute atomic E-state index is 12.6. The number of nitrogens with zero attached hydrogens (tertiary/aromatic N) is 2. The van der Waals surface area contributed by atoms with Crippen LogP contribution in [0, 0.1) is 5.92 Å². The molecule has 1 amide bonds. The van der Waals surface area contributed by atoms with Crippen molar-refractivity contribution in [1.29, 1.82) is 0 Å². The van der Waals surface area contributed by atoms with Crippen molar-refractivity contribution in [2.45, 2.75) is 17.7 Å². The number of likely N-dealkylation sites (N-methyl/N-ethyl adjacent to an activating group) is 2. The minimum atomic E-state index is -3.52. The van der Waals surface area contributed by atoms with E-state index in [4.69, 9.17) is 11.6 Å². The molecule has 1 aliphatic heterocycles. The first-order chi connectivity index (χ1) is 11.4. The molecular weight excluding hydrogens is 350 g/mol. The third-order valence-electron chi connectivity index (χ3n) is 4.33. The van der Waals surface area contributed by atoms with Crippen LogP contribution < -0.4 is 5.32 Å². The topological polar surface area (TPSA) is 69.7 Å². The van der Waals surface area contributed by atoms with Gasteiger partial charge >= 0.3 is 0 Å². The molecule has 0 saturated carbocycles. The highest BCUT2D eigenvalue weighted by Crippen LogP contribution is 2.25. The van der Waals surface area contributed by atoms with E-state index in [-0.39, 0.29) is 16.7 Å². The molecule has 0 aliphatic carbocycles.